The number of aliphatic hydroxyl groups excluding tert-OH is 10. The predicted octanol–water partition coefficient (Wildman–Crippen LogP) is -7.11. The van der Waals surface area contributed by atoms with E-state index < -0.39 is 62.0 Å². The van der Waals surface area contributed by atoms with Crippen molar-refractivity contribution in [2.45, 2.75) is 74.5 Å². The molecule has 16 N–H and O–H groups in total. The van der Waals surface area contributed by atoms with Crippen LogP contribution in [0.1, 0.15) is 25.7 Å². The van der Waals surface area contributed by atoms with Crippen molar-refractivity contribution in [1.82, 2.24) is 10.6 Å². The molecule has 0 aromatic carbocycles. The molecule has 0 spiro atoms. The summed E-state index contributed by atoms with van der Waals surface area (Å²) in [4.78, 5) is 19.8. The lowest BCUT2D eigenvalue weighted by atomic mass is 10.0. The first-order valence-electron chi connectivity index (χ1n) is 12.4. The summed E-state index contributed by atoms with van der Waals surface area (Å²) in [6.45, 7) is 4.38. The van der Waals surface area contributed by atoms with Crippen LogP contribution in [0.25, 0.3) is 0 Å². The van der Waals surface area contributed by atoms with Crippen LogP contribution in [0, 0.1) is 0 Å². The van der Waals surface area contributed by atoms with Gasteiger partial charge in [0.25, 0.3) is 0 Å². The fraction of sp³-hybridized carbons (Fsp3) is 0.909. The molecule has 16 heteroatoms. The fourth-order valence-electron chi connectivity index (χ4n) is 2.44. The standard InChI is InChI=1S/C10H26N4.2C6H12O6/c11-5-3-9-13-7-1-2-8-14-10-4-6-12;2*7-1-3(9)5(11)6(12)4(10)2-8/h13-14H,1-12H2;2*1,3-6,8-12H,2H2/t;2*3-,4-,5-,6-/m.11/s1. The highest BCUT2D eigenvalue weighted by Gasteiger charge is 2.30. The molecule has 0 radical (unpaired) electrons. The molecule has 0 saturated carbocycles. The van der Waals surface area contributed by atoms with E-state index in [0.717, 1.165) is 52.1 Å². The molecule has 0 fully saturated rings. The van der Waals surface area contributed by atoms with Crippen molar-refractivity contribution in [3.63, 3.8) is 0 Å². The summed E-state index contributed by atoms with van der Waals surface area (Å²) < 4.78 is 0. The Balaban J connectivity index is -0.000000486. The second kappa shape index (κ2) is 28.8. The second-order valence-electron chi connectivity index (χ2n) is 8.21. The monoisotopic (exact) mass is 562 g/mol. The van der Waals surface area contributed by atoms with Gasteiger partial charge in [-0.1, -0.05) is 0 Å². The van der Waals surface area contributed by atoms with E-state index in [-0.39, 0.29) is 12.6 Å². The van der Waals surface area contributed by atoms with Gasteiger partial charge in [0.15, 0.2) is 12.6 Å². The van der Waals surface area contributed by atoms with E-state index in [1.165, 1.54) is 12.8 Å². The number of nitrogens with one attached hydrogen (secondary N) is 2. The normalized spacial score (nSPS) is 17.3. The van der Waals surface area contributed by atoms with E-state index in [9.17, 15) is 9.59 Å². The number of rotatable bonds is 21. The van der Waals surface area contributed by atoms with E-state index in [0.29, 0.717) is 0 Å². The van der Waals surface area contributed by atoms with E-state index in [4.69, 9.17) is 62.5 Å². The highest BCUT2D eigenvalue weighted by molar-refractivity contribution is 5.57. The number of nitrogens with two attached hydrogens (primary N) is 2. The maximum atomic E-state index is 9.90. The summed E-state index contributed by atoms with van der Waals surface area (Å²) in [5.74, 6) is 0. The lowest BCUT2D eigenvalue weighted by Gasteiger charge is -2.22. The molecule has 0 aliphatic rings. The molecule has 0 rings (SSSR count). The van der Waals surface area contributed by atoms with Crippen molar-refractivity contribution >= 4 is 12.6 Å². The first-order valence-corrected chi connectivity index (χ1v) is 12.4. The molecule has 38 heavy (non-hydrogen) atoms. The zero-order valence-electron chi connectivity index (χ0n) is 21.7. The summed E-state index contributed by atoms with van der Waals surface area (Å²) in [6.07, 6.45) is -9.05. The fourth-order valence-corrected chi connectivity index (χ4v) is 2.44. The topological polar surface area (TPSA) is 313 Å². The van der Waals surface area contributed by atoms with Crippen LogP contribution in [-0.2, 0) is 9.59 Å². The quantitative estimate of drug-likeness (QED) is 0.0456. The van der Waals surface area contributed by atoms with E-state index in [1.807, 2.05) is 0 Å². The van der Waals surface area contributed by atoms with Gasteiger partial charge in [-0.05, 0) is 65.0 Å². The molecule has 0 saturated heterocycles. The van der Waals surface area contributed by atoms with Crippen LogP contribution in [0.5, 0.6) is 0 Å². The van der Waals surface area contributed by atoms with Gasteiger partial charge >= 0.3 is 0 Å². The van der Waals surface area contributed by atoms with Gasteiger partial charge in [-0.2, -0.15) is 0 Å². The number of aldehydes is 2. The Bertz CT molecular complexity index is 483. The van der Waals surface area contributed by atoms with Gasteiger partial charge in [-0.25, -0.2) is 0 Å². The average molecular weight is 563 g/mol. The molecule has 8 atom stereocenters. The van der Waals surface area contributed by atoms with E-state index >= 15 is 0 Å². The minimum Gasteiger partial charge on any atom is -0.394 e. The van der Waals surface area contributed by atoms with Crippen molar-refractivity contribution in [1.29, 1.82) is 0 Å². The Morgan fingerprint density at radius 2 is 0.816 bits per heavy atom. The zero-order chi connectivity index (χ0) is 29.9. The van der Waals surface area contributed by atoms with Gasteiger partial charge in [0.2, 0.25) is 0 Å². The molecule has 0 amide bonds. The van der Waals surface area contributed by atoms with Gasteiger partial charge in [-0.3, -0.25) is 0 Å². The summed E-state index contributed by atoms with van der Waals surface area (Å²) in [7, 11) is 0. The molecule has 0 heterocycles. The molecule has 0 unspecified atom stereocenters. The van der Waals surface area contributed by atoms with Crippen LogP contribution in [-0.4, -0.2) is 165 Å². The number of carbonyl (C=O) groups is 2. The van der Waals surface area contributed by atoms with E-state index in [1.54, 1.807) is 0 Å². The second-order valence-corrected chi connectivity index (χ2v) is 8.21. The molecule has 0 aliphatic heterocycles. The van der Waals surface area contributed by atoms with Gasteiger partial charge < -0.3 is 82.8 Å². The van der Waals surface area contributed by atoms with Crippen molar-refractivity contribution in [3.8, 4) is 0 Å². The Kier molecular flexibility index (Phi) is 31.3. The van der Waals surface area contributed by atoms with Crippen molar-refractivity contribution in [2.24, 2.45) is 11.5 Å². The third-order valence-electron chi connectivity index (χ3n) is 4.91. The smallest absolute Gasteiger partial charge is 0.151 e. The maximum Gasteiger partial charge on any atom is 0.151 e. The number of carbonyl (C=O) groups excluding carboxylic acids is 2. The van der Waals surface area contributed by atoms with Gasteiger partial charge in [-0.15, -0.1) is 0 Å². The molecule has 0 aromatic rings. The van der Waals surface area contributed by atoms with Gasteiger partial charge in [0.1, 0.15) is 48.8 Å². The third kappa shape index (κ3) is 22.7. The minimum atomic E-state index is -1.79. The Morgan fingerprint density at radius 1 is 0.526 bits per heavy atom. The summed E-state index contributed by atoms with van der Waals surface area (Å²) in [5, 5.41) is 93.8. The predicted molar refractivity (Wildman–Crippen MR) is 137 cm³/mol. The maximum absolute atomic E-state index is 9.90. The van der Waals surface area contributed by atoms with Gasteiger partial charge in [0, 0.05) is 0 Å². The number of aliphatic hydroxyl groups is 10. The average Bonchev–Trinajstić information content (AvgIpc) is 2.95. The molecular formula is C22H50N4O12. The number of hydrogen-bond acceptors (Lipinski definition) is 16. The first-order chi connectivity index (χ1) is 18.0. The Hall–Kier alpha value is -1.22. The number of hydrogen-bond donors (Lipinski definition) is 14. The van der Waals surface area contributed by atoms with Crippen molar-refractivity contribution < 1.29 is 60.7 Å². The molecule has 0 aromatic heterocycles. The highest BCUT2D eigenvalue weighted by atomic mass is 16.4. The minimum absolute atomic E-state index is 0.0258. The third-order valence-corrected chi connectivity index (χ3v) is 4.91. The lowest BCUT2D eigenvalue weighted by molar-refractivity contribution is -0.136. The van der Waals surface area contributed by atoms with Crippen LogP contribution >= 0.6 is 0 Å². The first kappa shape index (κ1) is 41.3. The SMILES string of the molecule is NCCCNCCCCNCCCN.O=C[C@@H](O)[C@@H](O)[C@H](O)[C@H](O)CO.O=C[C@@H](O)[C@@H](O)[C@H](O)[C@H](O)CO. The zero-order valence-corrected chi connectivity index (χ0v) is 21.7. The summed E-state index contributed by atoms with van der Waals surface area (Å²) >= 11 is 0. The van der Waals surface area contributed by atoms with Crippen molar-refractivity contribution in [2.75, 3.05) is 52.5 Å². The van der Waals surface area contributed by atoms with Crippen LogP contribution in [0.3, 0.4) is 0 Å². The molecule has 0 bridgehead atoms. The van der Waals surface area contributed by atoms with Gasteiger partial charge in [0.05, 0.1) is 13.2 Å². The summed E-state index contributed by atoms with van der Waals surface area (Å²) in [5.41, 5.74) is 10.8. The van der Waals surface area contributed by atoms with Crippen molar-refractivity contribution in [3.05, 3.63) is 0 Å². The highest BCUT2D eigenvalue weighted by Crippen LogP contribution is 2.03. The Morgan fingerprint density at radius 3 is 1.05 bits per heavy atom. The number of unbranched alkanes of at least 4 members (excludes halogenated alkanes) is 1. The van der Waals surface area contributed by atoms with E-state index in [2.05, 4.69) is 10.6 Å². The molecule has 16 nitrogen and oxygen atoms in total. The molecule has 0 aliphatic carbocycles. The van der Waals surface area contributed by atoms with Crippen LogP contribution in [0.4, 0.5) is 0 Å². The molecule has 230 valence electrons. The largest absolute Gasteiger partial charge is 0.394 e. The van der Waals surface area contributed by atoms with Crippen LogP contribution in [0.2, 0.25) is 0 Å². The lowest BCUT2D eigenvalue weighted by Crippen LogP contribution is -2.46. The van der Waals surface area contributed by atoms with Crippen LogP contribution in [0.15, 0.2) is 0 Å². The van der Waals surface area contributed by atoms with Crippen LogP contribution < -0.4 is 22.1 Å². The molecular weight excluding hydrogens is 512 g/mol. The summed E-state index contributed by atoms with van der Waals surface area (Å²) in [6, 6.07) is 0. The Labute approximate surface area is 222 Å².